The van der Waals surface area contributed by atoms with Crippen LogP contribution in [0.15, 0.2) is 17.8 Å². The van der Waals surface area contributed by atoms with Crippen molar-refractivity contribution in [1.29, 1.82) is 0 Å². The van der Waals surface area contributed by atoms with Gasteiger partial charge in [0.25, 0.3) is 5.91 Å². The van der Waals surface area contributed by atoms with Gasteiger partial charge >= 0.3 is 6.03 Å². The maximum atomic E-state index is 12.8. The summed E-state index contributed by atoms with van der Waals surface area (Å²) >= 11 is 1.51. The summed E-state index contributed by atoms with van der Waals surface area (Å²) in [5, 5.41) is 7.53. The van der Waals surface area contributed by atoms with E-state index in [4.69, 9.17) is 0 Å². The van der Waals surface area contributed by atoms with Crippen LogP contribution in [0.3, 0.4) is 0 Å². The van der Waals surface area contributed by atoms with E-state index in [0.717, 1.165) is 34.8 Å². The molecule has 26 heavy (non-hydrogen) atoms. The molecule has 2 N–H and O–H groups in total. The second-order valence-electron chi connectivity index (χ2n) is 7.04. The highest BCUT2D eigenvalue weighted by atomic mass is 32.1. The molecule has 2 aromatic heterocycles. The summed E-state index contributed by atoms with van der Waals surface area (Å²) < 4.78 is 1.89. The lowest BCUT2D eigenvalue weighted by molar-refractivity contribution is -0.137. The Hall–Kier alpha value is -2.42. The number of rotatable bonds is 4. The fourth-order valence-electron chi connectivity index (χ4n) is 3.89. The fourth-order valence-corrected chi connectivity index (χ4v) is 4.61. The van der Waals surface area contributed by atoms with Gasteiger partial charge in [0, 0.05) is 17.8 Å². The topological polar surface area (TPSA) is 95.8 Å². The lowest BCUT2D eigenvalue weighted by Crippen LogP contribution is -2.54. The molecular weight excluding hydrogens is 354 g/mol. The van der Waals surface area contributed by atoms with Gasteiger partial charge in [-0.25, -0.2) is 9.78 Å². The molecule has 1 aliphatic heterocycles. The van der Waals surface area contributed by atoms with Crippen LogP contribution in [-0.4, -0.2) is 44.2 Å². The van der Waals surface area contributed by atoms with Crippen molar-refractivity contribution in [2.24, 2.45) is 5.92 Å². The van der Waals surface area contributed by atoms with E-state index in [9.17, 15) is 14.4 Å². The quantitative estimate of drug-likeness (QED) is 0.792. The Morgan fingerprint density at radius 3 is 3.08 bits per heavy atom. The first kappa shape index (κ1) is 17.0. The van der Waals surface area contributed by atoms with E-state index in [0.29, 0.717) is 6.42 Å². The number of carbonyl (C=O) groups excluding carboxylic acids is 3. The smallest absolute Gasteiger partial charge is 0.325 e. The van der Waals surface area contributed by atoms with Crippen LogP contribution in [0, 0.1) is 5.92 Å². The predicted octanol–water partition coefficient (Wildman–Crippen LogP) is 1.51. The number of amides is 4. The Morgan fingerprint density at radius 1 is 1.46 bits per heavy atom. The normalized spacial score (nSPS) is 25.9. The van der Waals surface area contributed by atoms with Crippen LogP contribution in [0.2, 0.25) is 0 Å². The predicted molar refractivity (Wildman–Crippen MR) is 95.5 cm³/mol. The summed E-state index contributed by atoms with van der Waals surface area (Å²) in [7, 11) is 0. The van der Waals surface area contributed by atoms with Gasteiger partial charge in [-0.15, -0.1) is 11.3 Å². The zero-order valence-electron chi connectivity index (χ0n) is 14.5. The zero-order valence-corrected chi connectivity index (χ0v) is 15.3. The molecule has 0 aromatic carbocycles. The molecule has 1 saturated carbocycles. The van der Waals surface area contributed by atoms with Crippen molar-refractivity contribution in [2.75, 3.05) is 6.54 Å². The van der Waals surface area contributed by atoms with Gasteiger partial charge in [-0.2, -0.15) is 0 Å². The first-order chi connectivity index (χ1) is 12.5. The van der Waals surface area contributed by atoms with Crippen molar-refractivity contribution >= 4 is 34.1 Å². The van der Waals surface area contributed by atoms with Gasteiger partial charge in [0.2, 0.25) is 5.91 Å². The molecule has 2 atom stereocenters. The largest absolute Gasteiger partial charge is 0.349 e. The number of nitrogens with zero attached hydrogens (tertiary/aromatic N) is 3. The minimum atomic E-state index is -0.830. The lowest BCUT2D eigenvalue weighted by atomic mass is 9.73. The van der Waals surface area contributed by atoms with Crippen LogP contribution < -0.4 is 10.6 Å². The number of hydrogen-bond donors (Lipinski definition) is 2. The van der Waals surface area contributed by atoms with Crippen molar-refractivity contribution < 1.29 is 14.4 Å². The van der Waals surface area contributed by atoms with Crippen LogP contribution in [0.5, 0.6) is 0 Å². The summed E-state index contributed by atoms with van der Waals surface area (Å²) in [4.78, 5) is 43.7. The van der Waals surface area contributed by atoms with E-state index in [1.54, 1.807) is 0 Å². The Morgan fingerprint density at radius 2 is 2.31 bits per heavy atom. The van der Waals surface area contributed by atoms with Gasteiger partial charge in [-0.1, -0.05) is 19.8 Å². The van der Waals surface area contributed by atoms with Gasteiger partial charge < -0.3 is 10.6 Å². The van der Waals surface area contributed by atoms with Crippen molar-refractivity contribution in [1.82, 2.24) is 24.9 Å². The molecule has 2 aliphatic rings. The van der Waals surface area contributed by atoms with E-state index in [1.165, 1.54) is 11.3 Å². The molecule has 2 aromatic rings. The molecule has 2 unspecified atom stereocenters. The molecule has 0 bridgehead atoms. The average molecular weight is 375 g/mol. The molecule has 2 fully saturated rings. The van der Waals surface area contributed by atoms with Crippen LogP contribution in [0.4, 0.5) is 4.79 Å². The van der Waals surface area contributed by atoms with Gasteiger partial charge in [0.15, 0.2) is 4.96 Å². The number of imide groups is 1. The molecule has 0 radical (unpaired) electrons. The van der Waals surface area contributed by atoms with E-state index in [2.05, 4.69) is 15.6 Å². The third kappa shape index (κ3) is 2.76. The fraction of sp³-hybridized carbons (Fsp3) is 0.529. The third-order valence-electron chi connectivity index (χ3n) is 5.41. The first-order valence-electron chi connectivity index (χ1n) is 8.81. The molecule has 9 heteroatoms. The molecule has 1 saturated heterocycles. The van der Waals surface area contributed by atoms with Crippen LogP contribution in [0.1, 0.15) is 38.3 Å². The van der Waals surface area contributed by atoms with E-state index in [-0.39, 0.29) is 30.8 Å². The van der Waals surface area contributed by atoms with E-state index >= 15 is 0 Å². The second-order valence-corrected chi connectivity index (χ2v) is 7.91. The molecule has 4 amide bonds. The Balaban J connectivity index is 1.38. The zero-order chi connectivity index (χ0) is 18.3. The lowest BCUT2D eigenvalue weighted by Gasteiger charge is -2.36. The SMILES string of the molecule is CC1CCCCC12NC(=O)N(CC(=O)NCc1cn3ccsc3n1)C2=O. The van der Waals surface area contributed by atoms with Crippen LogP contribution in [0.25, 0.3) is 4.96 Å². The molecule has 8 nitrogen and oxygen atoms in total. The standard InChI is InChI=1S/C17H21N5O3S/c1-11-4-2-3-5-17(11)14(24)22(15(25)20-17)10-13(23)18-8-12-9-21-6-7-26-16(21)19-12/h6-7,9,11H,2-5,8,10H2,1H3,(H,18,23)(H,20,25). The number of carbonyl (C=O) groups is 3. The van der Waals surface area contributed by atoms with Crippen LogP contribution in [-0.2, 0) is 16.1 Å². The summed E-state index contributed by atoms with van der Waals surface area (Å²) in [5.41, 5.74) is -0.0936. The Bertz CT molecular complexity index is 846. The minimum Gasteiger partial charge on any atom is -0.349 e. The maximum absolute atomic E-state index is 12.8. The van der Waals surface area contributed by atoms with E-state index in [1.807, 2.05) is 29.1 Å². The highest BCUT2D eigenvalue weighted by Gasteiger charge is 2.55. The average Bonchev–Trinajstić information content (AvgIpc) is 3.25. The van der Waals surface area contributed by atoms with Gasteiger partial charge in [0.1, 0.15) is 12.1 Å². The molecule has 4 rings (SSSR count). The van der Waals surface area contributed by atoms with Gasteiger partial charge in [0.05, 0.1) is 12.2 Å². The van der Waals surface area contributed by atoms with Crippen molar-refractivity contribution in [3.05, 3.63) is 23.5 Å². The first-order valence-corrected chi connectivity index (χ1v) is 9.69. The number of imidazole rings is 1. The van der Waals surface area contributed by atoms with Crippen LogP contribution >= 0.6 is 11.3 Å². The minimum absolute atomic E-state index is 0.0826. The number of aromatic nitrogens is 2. The van der Waals surface area contributed by atoms with Gasteiger partial charge in [-0.3, -0.25) is 18.9 Å². The third-order valence-corrected chi connectivity index (χ3v) is 6.18. The molecule has 1 spiro atoms. The molecular formula is C17H21N5O3S. The van der Waals surface area contributed by atoms with Gasteiger partial charge in [-0.05, 0) is 18.8 Å². The van der Waals surface area contributed by atoms with Crippen molar-refractivity contribution in [3.8, 4) is 0 Å². The summed E-state index contributed by atoms with van der Waals surface area (Å²) in [6, 6.07) is -0.471. The highest BCUT2D eigenvalue weighted by Crippen LogP contribution is 2.38. The second kappa shape index (κ2) is 6.39. The molecule has 1 aliphatic carbocycles. The summed E-state index contributed by atoms with van der Waals surface area (Å²) in [5.74, 6) is -0.558. The monoisotopic (exact) mass is 375 g/mol. The Kier molecular flexibility index (Phi) is 4.18. The molecule has 3 heterocycles. The summed E-state index contributed by atoms with van der Waals surface area (Å²) in [6.45, 7) is 1.99. The number of fused-ring (bicyclic) bond motifs is 1. The number of thiazole rings is 1. The Labute approximate surface area is 154 Å². The number of nitrogens with one attached hydrogen (secondary N) is 2. The summed E-state index contributed by atoms with van der Waals surface area (Å²) in [6.07, 6.45) is 7.27. The van der Waals surface area contributed by atoms with Crippen molar-refractivity contribution in [2.45, 2.75) is 44.7 Å². The van der Waals surface area contributed by atoms with Crippen molar-refractivity contribution in [3.63, 3.8) is 0 Å². The molecule has 138 valence electrons. The maximum Gasteiger partial charge on any atom is 0.325 e. The highest BCUT2D eigenvalue weighted by molar-refractivity contribution is 7.15. The number of hydrogen-bond acceptors (Lipinski definition) is 5. The van der Waals surface area contributed by atoms with E-state index < -0.39 is 11.6 Å². The number of urea groups is 1.